The van der Waals surface area contributed by atoms with E-state index in [1.54, 1.807) is 30.3 Å². The number of rotatable bonds is 3. The second-order valence-corrected chi connectivity index (χ2v) is 9.72. The van der Waals surface area contributed by atoms with Gasteiger partial charge < -0.3 is 14.7 Å². The van der Waals surface area contributed by atoms with Gasteiger partial charge in [0.2, 0.25) is 5.91 Å². The van der Waals surface area contributed by atoms with Gasteiger partial charge in [0.25, 0.3) is 0 Å². The summed E-state index contributed by atoms with van der Waals surface area (Å²) in [7, 11) is 3.61. The van der Waals surface area contributed by atoms with Gasteiger partial charge in [-0.3, -0.25) is 9.69 Å². The summed E-state index contributed by atoms with van der Waals surface area (Å²) in [6.45, 7) is 7.96. The second kappa shape index (κ2) is 7.34. The van der Waals surface area contributed by atoms with Crippen molar-refractivity contribution in [3.63, 3.8) is 0 Å². The number of carbonyl (C=O) groups is 2. The van der Waals surface area contributed by atoms with Gasteiger partial charge in [-0.2, -0.15) is 11.3 Å². The lowest BCUT2D eigenvalue weighted by molar-refractivity contribution is -0.142. The molecule has 3 saturated heterocycles. The van der Waals surface area contributed by atoms with Crippen LogP contribution in [0.2, 0.25) is 0 Å². The van der Waals surface area contributed by atoms with E-state index in [4.69, 9.17) is 0 Å². The van der Waals surface area contributed by atoms with Gasteiger partial charge in [0, 0.05) is 52.2 Å². The zero-order valence-electron chi connectivity index (χ0n) is 17.3. The van der Waals surface area contributed by atoms with Gasteiger partial charge in [0.15, 0.2) is 0 Å². The molecule has 3 amide bonds. The highest BCUT2D eigenvalue weighted by molar-refractivity contribution is 7.07. The molecule has 0 aliphatic carbocycles. The molecule has 0 radical (unpaired) electrons. The first-order chi connectivity index (χ1) is 13.4. The highest BCUT2D eigenvalue weighted by Gasteiger charge is 2.65. The van der Waals surface area contributed by atoms with Crippen LogP contribution in [0, 0.1) is 10.8 Å². The van der Waals surface area contributed by atoms with Gasteiger partial charge in [-0.1, -0.05) is 0 Å². The Morgan fingerprint density at radius 1 is 1.18 bits per heavy atom. The van der Waals surface area contributed by atoms with Gasteiger partial charge in [-0.15, -0.1) is 0 Å². The summed E-state index contributed by atoms with van der Waals surface area (Å²) in [5, 5.41) is 4.35. The van der Waals surface area contributed by atoms with Gasteiger partial charge >= 0.3 is 6.03 Å². The largest absolute Gasteiger partial charge is 0.342 e. The minimum absolute atomic E-state index is 0.0414. The van der Waals surface area contributed by atoms with E-state index in [0.717, 1.165) is 58.5 Å². The summed E-state index contributed by atoms with van der Waals surface area (Å²) in [6.07, 6.45) is 2.89. The number of piperidine rings is 1. The highest BCUT2D eigenvalue weighted by atomic mass is 32.1. The zero-order valence-corrected chi connectivity index (χ0v) is 18.1. The molecule has 1 aromatic heterocycles. The minimum Gasteiger partial charge on any atom is -0.342 e. The molecule has 0 saturated carbocycles. The van der Waals surface area contributed by atoms with Crippen LogP contribution in [0.3, 0.4) is 0 Å². The van der Waals surface area contributed by atoms with Crippen LogP contribution in [0.1, 0.15) is 31.7 Å². The molecule has 0 bridgehead atoms. The lowest BCUT2D eigenvalue weighted by Gasteiger charge is -2.46. The van der Waals surface area contributed by atoms with Crippen molar-refractivity contribution >= 4 is 23.3 Å². The molecular formula is C21H32N4O2S. The topological polar surface area (TPSA) is 47.1 Å². The van der Waals surface area contributed by atoms with Gasteiger partial charge in [0.1, 0.15) is 0 Å². The van der Waals surface area contributed by atoms with Crippen LogP contribution in [0.25, 0.3) is 0 Å². The van der Waals surface area contributed by atoms with Crippen LogP contribution < -0.4 is 0 Å². The predicted octanol–water partition coefficient (Wildman–Crippen LogP) is 2.57. The molecule has 3 fully saturated rings. The molecule has 3 aliphatic heterocycles. The fourth-order valence-electron chi connectivity index (χ4n) is 5.68. The Bertz CT molecular complexity index is 727. The van der Waals surface area contributed by atoms with E-state index in [1.807, 2.05) is 9.80 Å². The normalized spacial score (nSPS) is 27.3. The van der Waals surface area contributed by atoms with Crippen LogP contribution in [-0.4, -0.2) is 84.9 Å². The van der Waals surface area contributed by atoms with Gasteiger partial charge in [0.05, 0.1) is 5.41 Å². The maximum absolute atomic E-state index is 13.5. The summed E-state index contributed by atoms with van der Waals surface area (Å²) < 4.78 is 0. The van der Waals surface area contributed by atoms with Gasteiger partial charge in [-0.25, -0.2) is 4.79 Å². The van der Waals surface area contributed by atoms with E-state index in [0.29, 0.717) is 6.54 Å². The van der Waals surface area contributed by atoms with E-state index >= 15 is 0 Å². The monoisotopic (exact) mass is 404 g/mol. The van der Waals surface area contributed by atoms with Crippen molar-refractivity contribution in [3.8, 4) is 0 Å². The Morgan fingerprint density at radius 3 is 2.50 bits per heavy atom. The van der Waals surface area contributed by atoms with E-state index < -0.39 is 0 Å². The average molecular weight is 405 g/mol. The molecule has 28 heavy (non-hydrogen) atoms. The molecule has 0 unspecified atom stereocenters. The third-order valence-electron chi connectivity index (χ3n) is 7.31. The maximum Gasteiger partial charge on any atom is 0.319 e. The Labute approximate surface area is 172 Å². The van der Waals surface area contributed by atoms with Crippen LogP contribution in [0.15, 0.2) is 16.8 Å². The Hall–Kier alpha value is -1.60. The van der Waals surface area contributed by atoms with E-state index in [1.165, 1.54) is 5.56 Å². The Balaban J connectivity index is 1.56. The number of likely N-dealkylation sites (tertiary alicyclic amines) is 3. The lowest BCUT2D eigenvalue weighted by atomic mass is 9.60. The van der Waals surface area contributed by atoms with Crippen molar-refractivity contribution in [3.05, 3.63) is 22.4 Å². The second-order valence-electron chi connectivity index (χ2n) is 8.94. The summed E-state index contributed by atoms with van der Waals surface area (Å²) in [5.74, 6) is 0.287. The zero-order chi connectivity index (χ0) is 19.9. The SMILES string of the molecule is CCN1CC[C@]2(CN(C(=O)N(C)C)CC23CCN(Cc2ccsc2)CC3)C1=O. The van der Waals surface area contributed by atoms with Gasteiger partial charge in [-0.05, 0) is 61.7 Å². The average Bonchev–Trinajstić information content (AvgIpc) is 3.38. The third-order valence-corrected chi connectivity index (χ3v) is 8.04. The molecular weight excluding hydrogens is 372 g/mol. The third kappa shape index (κ3) is 3.03. The van der Waals surface area contributed by atoms with E-state index in [2.05, 4.69) is 28.7 Å². The first kappa shape index (κ1) is 19.7. The number of fused-ring (bicyclic) bond motifs is 1. The quantitative estimate of drug-likeness (QED) is 0.778. The smallest absolute Gasteiger partial charge is 0.319 e. The number of amides is 3. The molecule has 6 nitrogen and oxygen atoms in total. The predicted molar refractivity (Wildman–Crippen MR) is 111 cm³/mol. The Morgan fingerprint density at radius 2 is 1.93 bits per heavy atom. The number of urea groups is 1. The number of carbonyl (C=O) groups excluding carboxylic acids is 2. The number of nitrogens with zero attached hydrogens (tertiary/aromatic N) is 4. The molecule has 4 heterocycles. The van der Waals surface area contributed by atoms with Crippen molar-refractivity contribution < 1.29 is 9.59 Å². The number of hydrogen-bond donors (Lipinski definition) is 0. The molecule has 4 rings (SSSR count). The molecule has 1 aromatic rings. The van der Waals surface area contributed by atoms with E-state index in [-0.39, 0.29) is 22.8 Å². The first-order valence-electron chi connectivity index (χ1n) is 10.4. The fourth-order valence-corrected chi connectivity index (χ4v) is 6.34. The standard InChI is InChI=1S/C21H32N4O2S/c1-4-24-11-8-21(18(24)26)16-25(19(27)22(2)3)15-20(21)6-9-23(10-7-20)13-17-5-12-28-14-17/h5,12,14H,4,6-11,13,15-16H2,1-3H3/t21-/m0/s1. The summed E-state index contributed by atoms with van der Waals surface area (Å²) >= 11 is 1.75. The van der Waals surface area contributed by atoms with Crippen LogP contribution in [-0.2, 0) is 11.3 Å². The van der Waals surface area contributed by atoms with Crippen LogP contribution >= 0.6 is 11.3 Å². The molecule has 0 aromatic carbocycles. The van der Waals surface area contributed by atoms with Crippen molar-refractivity contribution in [1.82, 2.24) is 19.6 Å². The lowest BCUT2D eigenvalue weighted by Crippen LogP contribution is -2.52. The summed E-state index contributed by atoms with van der Waals surface area (Å²) in [4.78, 5) is 34.3. The van der Waals surface area contributed by atoms with Crippen molar-refractivity contribution in [2.75, 3.05) is 53.4 Å². The molecule has 2 spiro atoms. The number of hydrogen-bond acceptors (Lipinski definition) is 4. The Kier molecular flexibility index (Phi) is 5.16. The fraction of sp³-hybridized carbons (Fsp3) is 0.714. The molecule has 154 valence electrons. The summed E-state index contributed by atoms with van der Waals surface area (Å²) in [6, 6.07) is 2.24. The van der Waals surface area contributed by atoms with Crippen molar-refractivity contribution in [2.24, 2.45) is 10.8 Å². The van der Waals surface area contributed by atoms with Crippen molar-refractivity contribution in [1.29, 1.82) is 0 Å². The molecule has 1 atom stereocenters. The molecule has 3 aliphatic rings. The summed E-state index contributed by atoms with van der Waals surface area (Å²) in [5.41, 5.74) is 0.911. The molecule has 0 N–H and O–H groups in total. The van der Waals surface area contributed by atoms with E-state index in [9.17, 15) is 9.59 Å². The van der Waals surface area contributed by atoms with Crippen molar-refractivity contribution in [2.45, 2.75) is 32.7 Å². The first-order valence-corrected chi connectivity index (χ1v) is 11.3. The maximum atomic E-state index is 13.5. The highest BCUT2D eigenvalue weighted by Crippen LogP contribution is 2.58. The van der Waals surface area contributed by atoms with Crippen LogP contribution in [0.4, 0.5) is 4.79 Å². The number of thiophene rings is 1. The molecule has 7 heteroatoms. The van der Waals surface area contributed by atoms with Crippen LogP contribution in [0.5, 0.6) is 0 Å². The minimum atomic E-state index is -0.386.